The van der Waals surface area contributed by atoms with Crippen LogP contribution in [0, 0.1) is 12.8 Å². The minimum Gasteiger partial charge on any atom is -0.324 e. The lowest BCUT2D eigenvalue weighted by Crippen LogP contribution is -2.31. The molecule has 0 saturated heterocycles. The van der Waals surface area contributed by atoms with Crippen molar-refractivity contribution in [2.75, 3.05) is 0 Å². The normalized spacial score (nSPS) is 18.7. The third-order valence-electron chi connectivity index (χ3n) is 4.35. The van der Waals surface area contributed by atoms with Crippen molar-refractivity contribution >= 4 is 5.91 Å². The Kier molecular flexibility index (Phi) is 2.77. The standard InChI is InChI=1S/C17H17N3O/c1-11-6-8-19-14(9-11)16(12-4-5-12)20-10-15-13(17(20)21)3-2-7-18-15/h2-3,6-9,12,16H,4-5,10H2,1H3/t16-/m0/s1. The molecule has 1 amide bonds. The van der Waals surface area contributed by atoms with E-state index in [4.69, 9.17) is 0 Å². The Hall–Kier alpha value is -2.23. The highest BCUT2D eigenvalue weighted by Crippen LogP contribution is 2.46. The fourth-order valence-electron chi connectivity index (χ4n) is 3.16. The van der Waals surface area contributed by atoms with Crippen LogP contribution in [-0.2, 0) is 6.54 Å². The summed E-state index contributed by atoms with van der Waals surface area (Å²) in [6, 6.07) is 7.89. The van der Waals surface area contributed by atoms with Crippen LogP contribution in [0.25, 0.3) is 0 Å². The predicted octanol–water partition coefficient (Wildman–Crippen LogP) is 2.89. The second kappa shape index (κ2) is 4.65. The van der Waals surface area contributed by atoms with Crippen LogP contribution in [0.1, 0.15) is 46.2 Å². The maximum absolute atomic E-state index is 12.7. The van der Waals surface area contributed by atoms with Crippen molar-refractivity contribution in [3.05, 3.63) is 59.2 Å². The summed E-state index contributed by atoms with van der Waals surface area (Å²) in [5.41, 5.74) is 3.84. The van der Waals surface area contributed by atoms with Crippen molar-refractivity contribution in [3.8, 4) is 0 Å². The van der Waals surface area contributed by atoms with Crippen LogP contribution < -0.4 is 0 Å². The van der Waals surface area contributed by atoms with Crippen LogP contribution in [-0.4, -0.2) is 20.8 Å². The molecular formula is C17H17N3O. The van der Waals surface area contributed by atoms with Crippen molar-refractivity contribution < 1.29 is 4.79 Å². The van der Waals surface area contributed by atoms with E-state index in [1.54, 1.807) is 6.20 Å². The molecule has 1 fully saturated rings. The first-order chi connectivity index (χ1) is 10.2. The van der Waals surface area contributed by atoms with Gasteiger partial charge in [-0.3, -0.25) is 14.8 Å². The second-order valence-electron chi connectivity index (χ2n) is 5.97. The first-order valence-corrected chi connectivity index (χ1v) is 7.41. The van der Waals surface area contributed by atoms with Crippen molar-refractivity contribution in [2.45, 2.75) is 32.4 Å². The molecule has 4 heteroatoms. The lowest BCUT2D eigenvalue weighted by Gasteiger charge is -2.27. The molecule has 106 valence electrons. The van der Waals surface area contributed by atoms with E-state index in [-0.39, 0.29) is 11.9 Å². The van der Waals surface area contributed by atoms with Crippen LogP contribution >= 0.6 is 0 Å². The van der Waals surface area contributed by atoms with Gasteiger partial charge in [0.25, 0.3) is 5.91 Å². The van der Waals surface area contributed by atoms with Gasteiger partial charge in [0.2, 0.25) is 0 Å². The first-order valence-electron chi connectivity index (χ1n) is 7.41. The molecule has 2 aliphatic rings. The third kappa shape index (κ3) is 2.11. The summed E-state index contributed by atoms with van der Waals surface area (Å²) in [4.78, 5) is 23.5. The molecule has 0 aromatic carbocycles. The maximum atomic E-state index is 12.7. The number of aromatic nitrogens is 2. The Bertz CT molecular complexity index is 709. The summed E-state index contributed by atoms with van der Waals surface area (Å²) in [6.07, 6.45) is 5.94. The molecule has 0 unspecified atom stereocenters. The summed E-state index contributed by atoms with van der Waals surface area (Å²) in [5.74, 6) is 0.635. The molecule has 2 aromatic heterocycles. The Morgan fingerprint density at radius 1 is 1.24 bits per heavy atom. The van der Waals surface area contributed by atoms with Crippen LogP contribution in [0.5, 0.6) is 0 Å². The second-order valence-corrected chi connectivity index (χ2v) is 5.97. The van der Waals surface area contributed by atoms with E-state index in [0.29, 0.717) is 12.5 Å². The van der Waals surface area contributed by atoms with Crippen LogP contribution in [0.15, 0.2) is 36.7 Å². The SMILES string of the molecule is Cc1ccnc([C@H](C2CC2)N2Cc3ncccc3C2=O)c1. The molecule has 1 atom stereocenters. The minimum absolute atomic E-state index is 0.0894. The van der Waals surface area contributed by atoms with Gasteiger partial charge in [-0.05, 0) is 55.5 Å². The summed E-state index contributed by atoms with van der Waals surface area (Å²) in [5, 5.41) is 0. The Morgan fingerprint density at radius 2 is 2.10 bits per heavy atom. The summed E-state index contributed by atoms with van der Waals surface area (Å²) < 4.78 is 0. The number of pyridine rings is 2. The number of aryl methyl sites for hydroxylation is 1. The van der Waals surface area contributed by atoms with Crippen LogP contribution in [0.4, 0.5) is 0 Å². The Balaban J connectivity index is 1.72. The molecule has 0 radical (unpaired) electrons. The molecule has 4 rings (SSSR count). The van der Waals surface area contributed by atoms with Gasteiger partial charge in [-0.2, -0.15) is 0 Å². The van der Waals surface area contributed by atoms with Gasteiger partial charge >= 0.3 is 0 Å². The Morgan fingerprint density at radius 3 is 2.81 bits per heavy atom. The van der Waals surface area contributed by atoms with Gasteiger partial charge in [0.1, 0.15) is 0 Å². The zero-order chi connectivity index (χ0) is 14.4. The van der Waals surface area contributed by atoms with Gasteiger partial charge < -0.3 is 4.90 Å². The van der Waals surface area contributed by atoms with E-state index in [0.717, 1.165) is 17.0 Å². The minimum atomic E-state index is 0.0894. The molecule has 3 heterocycles. The lowest BCUT2D eigenvalue weighted by molar-refractivity contribution is 0.0672. The van der Waals surface area contributed by atoms with Crippen molar-refractivity contribution in [1.82, 2.24) is 14.9 Å². The molecule has 1 saturated carbocycles. The zero-order valence-corrected chi connectivity index (χ0v) is 12.0. The molecule has 0 bridgehead atoms. The van der Waals surface area contributed by atoms with Crippen molar-refractivity contribution in [3.63, 3.8) is 0 Å². The monoisotopic (exact) mass is 279 g/mol. The average molecular weight is 279 g/mol. The van der Waals surface area contributed by atoms with Gasteiger partial charge in [0, 0.05) is 12.4 Å². The molecule has 2 aromatic rings. The smallest absolute Gasteiger partial charge is 0.256 e. The fraction of sp³-hybridized carbons (Fsp3) is 0.353. The van der Waals surface area contributed by atoms with E-state index in [9.17, 15) is 4.79 Å². The lowest BCUT2D eigenvalue weighted by atomic mass is 10.0. The summed E-state index contributed by atoms with van der Waals surface area (Å²) in [6.45, 7) is 2.67. The van der Waals surface area contributed by atoms with E-state index >= 15 is 0 Å². The van der Waals surface area contributed by atoms with E-state index in [2.05, 4.69) is 23.0 Å². The number of amides is 1. The van der Waals surface area contributed by atoms with Gasteiger partial charge in [-0.1, -0.05) is 0 Å². The first kappa shape index (κ1) is 12.5. The highest BCUT2D eigenvalue weighted by atomic mass is 16.2. The van der Waals surface area contributed by atoms with Gasteiger partial charge in [-0.25, -0.2) is 0 Å². The number of rotatable bonds is 3. The molecule has 4 nitrogen and oxygen atoms in total. The molecule has 0 N–H and O–H groups in total. The summed E-state index contributed by atoms with van der Waals surface area (Å²) in [7, 11) is 0. The van der Waals surface area contributed by atoms with Crippen LogP contribution in [0.3, 0.4) is 0 Å². The largest absolute Gasteiger partial charge is 0.324 e. The molecular weight excluding hydrogens is 262 g/mol. The summed E-state index contributed by atoms with van der Waals surface area (Å²) >= 11 is 0. The number of carbonyl (C=O) groups is 1. The zero-order valence-electron chi connectivity index (χ0n) is 12.0. The van der Waals surface area contributed by atoms with Gasteiger partial charge in [-0.15, -0.1) is 0 Å². The predicted molar refractivity (Wildman–Crippen MR) is 78.5 cm³/mol. The Labute approximate surface area is 123 Å². The third-order valence-corrected chi connectivity index (χ3v) is 4.35. The maximum Gasteiger partial charge on any atom is 0.256 e. The van der Waals surface area contributed by atoms with E-state index in [1.165, 1.54) is 18.4 Å². The average Bonchev–Trinajstić information content (AvgIpc) is 3.26. The van der Waals surface area contributed by atoms with E-state index in [1.807, 2.05) is 29.3 Å². The van der Waals surface area contributed by atoms with Crippen molar-refractivity contribution in [2.24, 2.45) is 5.92 Å². The quantitative estimate of drug-likeness (QED) is 0.868. The van der Waals surface area contributed by atoms with E-state index < -0.39 is 0 Å². The highest BCUT2D eigenvalue weighted by molar-refractivity contribution is 5.98. The molecule has 0 spiro atoms. The fourth-order valence-corrected chi connectivity index (χ4v) is 3.16. The van der Waals surface area contributed by atoms with Crippen molar-refractivity contribution in [1.29, 1.82) is 0 Å². The molecule has 1 aliphatic heterocycles. The highest BCUT2D eigenvalue weighted by Gasteiger charge is 2.42. The van der Waals surface area contributed by atoms with Crippen LogP contribution in [0.2, 0.25) is 0 Å². The number of hydrogen-bond donors (Lipinski definition) is 0. The van der Waals surface area contributed by atoms with Gasteiger partial charge in [0.05, 0.1) is 29.5 Å². The molecule has 21 heavy (non-hydrogen) atoms. The number of fused-ring (bicyclic) bond motifs is 1. The number of hydrogen-bond acceptors (Lipinski definition) is 3. The van der Waals surface area contributed by atoms with Gasteiger partial charge in [0.15, 0.2) is 0 Å². The molecule has 1 aliphatic carbocycles. The topological polar surface area (TPSA) is 46.1 Å². The number of nitrogens with zero attached hydrogens (tertiary/aromatic N) is 3. The number of carbonyl (C=O) groups excluding carboxylic acids is 1.